The second-order valence-electron chi connectivity index (χ2n) is 5.59. The number of hydrogen-bond donors (Lipinski definition) is 1. The fourth-order valence-electron chi connectivity index (χ4n) is 3.22. The van der Waals surface area contributed by atoms with Crippen LogP contribution in [0.1, 0.15) is 35.1 Å². The van der Waals surface area contributed by atoms with Crippen molar-refractivity contribution < 1.29 is 0 Å². The van der Waals surface area contributed by atoms with Gasteiger partial charge in [0.25, 0.3) is 5.78 Å². The van der Waals surface area contributed by atoms with E-state index in [1.165, 1.54) is 11.3 Å². The molecular formula is C16H17N5. The molecule has 1 atom stereocenters. The number of anilines is 1. The summed E-state index contributed by atoms with van der Waals surface area (Å²) in [6, 6.07) is 10.5. The van der Waals surface area contributed by atoms with E-state index in [0.29, 0.717) is 5.78 Å². The van der Waals surface area contributed by atoms with Crippen molar-refractivity contribution in [2.24, 2.45) is 0 Å². The van der Waals surface area contributed by atoms with E-state index in [1.807, 2.05) is 6.92 Å². The molecule has 0 spiro atoms. The first kappa shape index (κ1) is 12.3. The second kappa shape index (κ2) is 4.55. The third-order valence-electron chi connectivity index (χ3n) is 4.11. The number of aryl methyl sites for hydroxylation is 2. The molecule has 21 heavy (non-hydrogen) atoms. The Morgan fingerprint density at radius 2 is 2.05 bits per heavy atom. The van der Waals surface area contributed by atoms with Gasteiger partial charge in [-0.3, -0.25) is 4.40 Å². The summed E-state index contributed by atoms with van der Waals surface area (Å²) in [5.41, 5.74) is 4.60. The van der Waals surface area contributed by atoms with Crippen LogP contribution in [0, 0.1) is 13.8 Å². The molecule has 5 nitrogen and oxygen atoms in total. The molecule has 1 aliphatic rings. The zero-order valence-corrected chi connectivity index (χ0v) is 12.2. The smallest absolute Gasteiger partial charge is 0.255 e. The molecule has 0 bridgehead atoms. The molecule has 0 aliphatic carbocycles. The summed E-state index contributed by atoms with van der Waals surface area (Å²) >= 11 is 0. The van der Waals surface area contributed by atoms with Crippen LogP contribution in [0.5, 0.6) is 0 Å². The predicted molar refractivity (Wildman–Crippen MR) is 81.6 cm³/mol. The molecule has 0 saturated carbocycles. The molecule has 1 N–H and O–H groups in total. The van der Waals surface area contributed by atoms with Crippen LogP contribution in [-0.4, -0.2) is 26.1 Å². The maximum absolute atomic E-state index is 4.48. The van der Waals surface area contributed by atoms with Gasteiger partial charge < -0.3 is 5.32 Å². The van der Waals surface area contributed by atoms with Gasteiger partial charge in [-0.15, -0.1) is 10.2 Å². The van der Waals surface area contributed by atoms with E-state index in [4.69, 9.17) is 0 Å². The van der Waals surface area contributed by atoms with E-state index in [9.17, 15) is 0 Å². The molecule has 5 heteroatoms. The van der Waals surface area contributed by atoms with E-state index in [1.54, 1.807) is 0 Å². The summed E-state index contributed by atoms with van der Waals surface area (Å²) in [6.07, 6.45) is 1.02. The summed E-state index contributed by atoms with van der Waals surface area (Å²) in [5.74, 6) is 1.95. The Bertz CT molecular complexity index is 821. The lowest BCUT2D eigenvalue weighted by atomic mass is 9.90. The van der Waals surface area contributed by atoms with E-state index >= 15 is 0 Å². The molecule has 2 aromatic heterocycles. The maximum atomic E-state index is 4.48. The van der Waals surface area contributed by atoms with Gasteiger partial charge in [0, 0.05) is 29.5 Å². The highest BCUT2D eigenvalue weighted by molar-refractivity contribution is 5.56. The lowest BCUT2D eigenvalue weighted by molar-refractivity contribution is 0.663. The van der Waals surface area contributed by atoms with Crippen LogP contribution in [0.15, 0.2) is 30.3 Å². The van der Waals surface area contributed by atoms with Crippen LogP contribution < -0.4 is 5.32 Å². The van der Waals surface area contributed by atoms with Crippen molar-refractivity contribution in [3.8, 4) is 0 Å². The van der Waals surface area contributed by atoms with Gasteiger partial charge in [0.15, 0.2) is 0 Å². The van der Waals surface area contributed by atoms with Crippen molar-refractivity contribution >= 4 is 11.5 Å². The van der Waals surface area contributed by atoms with Crippen molar-refractivity contribution in [3.05, 3.63) is 53.1 Å². The highest BCUT2D eigenvalue weighted by Crippen LogP contribution is 2.35. The predicted octanol–water partition coefficient (Wildman–Crippen LogP) is 2.69. The van der Waals surface area contributed by atoms with Crippen molar-refractivity contribution in [1.29, 1.82) is 0 Å². The summed E-state index contributed by atoms with van der Waals surface area (Å²) in [6.45, 7) is 5.03. The number of nitrogens with one attached hydrogen (secondary N) is 1. The average molecular weight is 279 g/mol. The molecule has 0 amide bonds. The Labute approximate surface area is 123 Å². The number of benzene rings is 1. The van der Waals surface area contributed by atoms with Crippen molar-refractivity contribution in [1.82, 2.24) is 19.6 Å². The van der Waals surface area contributed by atoms with Gasteiger partial charge in [-0.05, 0) is 38.0 Å². The Kier molecular flexibility index (Phi) is 2.67. The topological polar surface area (TPSA) is 55.1 Å². The minimum Gasteiger partial charge on any atom is -0.385 e. The molecule has 4 rings (SSSR count). The Morgan fingerprint density at radius 1 is 1.19 bits per heavy atom. The number of para-hydroxylation sites is 1. The average Bonchev–Trinajstić information content (AvgIpc) is 2.90. The Balaban J connectivity index is 1.92. The SMILES string of the molecule is Cc1cc(C)n2c(C3CCNc4ccccc43)nnc2n1. The monoisotopic (exact) mass is 279 g/mol. The minimum atomic E-state index is 0.264. The van der Waals surface area contributed by atoms with Crippen LogP contribution in [0.2, 0.25) is 0 Å². The molecule has 0 radical (unpaired) electrons. The van der Waals surface area contributed by atoms with Gasteiger partial charge in [-0.1, -0.05) is 18.2 Å². The third-order valence-corrected chi connectivity index (χ3v) is 4.11. The Morgan fingerprint density at radius 3 is 2.95 bits per heavy atom. The molecule has 1 aliphatic heterocycles. The van der Waals surface area contributed by atoms with E-state index in [0.717, 1.165) is 30.2 Å². The van der Waals surface area contributed by atoms with Gasteiger partial charge in [-0.2, -0.15) is 0 Å². The molecule has 1 aromatic carbocycles. The highest BCUT2D eigenvalue weighted by atomic mass is 15.3. The zero-order valence-electron chi connectivity index (χ0n) is 12.2. The largest absolute Gasteiger partial charge is 0.385 e. The maximum Gasteiger partial charge on any atom is 0.255 e. The van der Waals surface area contributed by atoms with E-state index in [2.05, 4.69) is 62.2 Å². The first-order valence-corrected chi connectivity index (χ1v) is 7.26. The molecule has 106 valence electrons. The van der Waals surface area contributed by atoms with Crippen LogP contribution in [0.3, 0.4) is 0 Å². The molecule has 1 unspecified atom stereocenters. The van der Waals surface area contributed by atoms with E-state index in [-0.39, 0.29) is 5.92 Å². The van der Waals surface area contributed by atoms with Gasteiger partial charge in [0.1, 0.15) is 5.82 Å². The van der Waals surface area contributed by atoms with Crippen molar-refractivity contribution in [2.75, 3.05) is 11.9 Å². The number of fused-ring (bicyclic) bond motifs is 2. The van der Waals surface area contributed by atoms with Crippen LogP contribution in [-0.2, 0) is 0 Å². The van der Waals surface area contributed by atoms with Gasteiger partial charge >= 0.3 is 0 Å². The third kappa shape index (κ3) is 1.88. The molecule has 3 heterocycles. The molecule has 0 fully saturated rings. The minimum absolute atomic E-state index is 0.264. The molecule has 0 saturated heterocycles. The summed E-state index contributed by atoms with van der Waals surface area (Å²) in [4.78, 5) is 4.48. The fraction of sp³-hybridized carbons (Fsp3) is 0.312. The van der Waals surface area contributed by atoms with Gasteiger partial charge in [0.05, 0.1) is 0 Å². The summed E-state index contributed by atoms with van der Waals surface area (Å²) in [5, 5.41) is 12.2. The fourth-order valence-corrected chi connectivity index (χ4v) is 3.22. The Hall–Kier alpha value is -2.43. The van der Waals surface area contributed by atoms with Crippen LogP contribution in [0.4, 0.5) is 5.69 Å². The first-order valence-electron chi connectivity index (χ1n) is 7.26. The van der Waals surface area contributed by atoms with Crippen molar-refractivity contribution in [3.63, 3.8) is 0 Å². The van der Waals surface area contributed by atoms with Crippen LogP contribution >= 0.6 is 0 Å². The molecular weight excluding hydrogens is 262 g/mol. The zero-order chi connectivity index (χ0) is 14.4. The lowest BCUT2D eigenvalue weighted by Crippen LogP contribution is -2.19. The second-order valence-corrected chi connectivity index (χ2v) is 5.59. The molecule has 3 aromatic rings. The number of rotatable bonds is 1. The first-order chi connectivity index (χ1) is 10.2. The number of hydrogen-bond acceptors (Lipinski definition) is 4. The number of nitrogens with zero attached hydrogens (tertiary/aromatic N) is 4. The normalized spacial score (nSPS) is 17.5. The summed E-state index contributed by atoms with van der Waals surface area (Å²) < 4.78 is 2.08. The van der Waals surface area contributed by atoms with E-state index < -0.39 is 0 Å². The van der Waals surface area contributed by atoms with Crippen molar-refractivity contribution in [2.45, 2.75) is 26.2 Å². The van der Waals surface area contributed by atoms with Gasteiger partial charge in [-0.25, -0.2) is 4.98 Å². The van der Waals surface area contributed by atoms with Crippen LogP contribution in [0.25, 0.3) is 5.78 Å². The lowest BCUT2D eigenvalue weighted by Gasteiger charge is -2.25. The van der Waals surface area contributed by atoms with Gasteiger partial charge in [0.2, 0.25) is 0 Å². The summed E-state index contributed by atoms with van der Waals surface area (Å²) in [7, 11) is 0. The standard InChI is InChI=1S/C16H17N5/c1-10-9-11(2)21-15(19-20-16(21)18-10)13-7-8-17-14-6-4-3-5-12(13)14/h3-6,9,13,17H,7-8H2,1-2H3. The quantitative estimate of drug-likeness (QED) is 0.744. The highest BCUT2D eigenvalue weighted by Gasteiger charge is 2.26. The number of aromatic nitrogens is 4.